The SMILES string of the molecule is Cc1cccc(C[C@@H](COCc2ccccc2)[C@@](C)(O)C(C)(O[Si])C(C)(C)C)c1. The van der Waals surface area contributed by atoms with Crippen LogP contribution in [0.15, 0.2) is 54.6 Å². The Hall–Kier alpha value is -1.46. The Morgan fingerprint density at radius 3 is 2.10 bits per heavy atom. The molecule has 157 valence electrons. The third-order valence-corrected chi connectivity index (χ3v) is 6.80. The zero-order chi connectivity index (χ0) is 21.7. The second-order valence-corrected chi connectivity index (χ2v) is 9.63. The zero-order valence-electron chi connectivity index (χ0n) is 18.7. The Morgan fingerprint density at radius 2 is 1.55 bits per heavy atom. The highest BCUT2D eigenvalue weighted by atomic mass is 28.2. The van der Waals surface area contributed by atoms with Crippen LogP contribution >= 0.6 is 0 Å². The molecule has 3 nitrogen and oxygen atoms in total. The molecule has 2 aromatic carbocycles. The molecule has 0 aromatic heterocycles. The van der Waals surface area contributed by atoms with Crippen LogP contribution in [0.2, 0.25) is 0 Å². The van der Waals surface area contributed by atoms with E-state index in [1.807, 2.05) is 44.2 Å². The van der Waals surface area contributed by atoms with Gasteiger partial charge < -0.3 is 14.3 Å². The summed E-state index contributed by atoms with van der Waals surface area (Å²) in [5.41, 5.74) is 1.23. The maximum atomic E-state index is 11.8. The molecular formula is C25H35O3Si. The molecule has 1 N–H and O–H groups in total. The van der Waals surface area contributed by atoms with Crippen LogP contribution in [0.5, 0.6) is 0 Å². The van der Waals surface area contributed by atoms with Gasteiger partial charge in [0.2, 0.25) is 10.5 Å². The smallest absolute Gasteiger partial charge is 0.247 e. The average Bonchev–Trinajstić information content (AvgIpc) is 2.66. The molecule has 0 saturated carbocycles. The number of ether oxygens (including phenoxy) is 1. The summed E-state index contributed by atoms with van der Waals surface area (Å²) in [6.07, 6.45) is 0.699. The summed E-state index contributed by atoms with van der Waals surface area (Å²) in [6.45, 7) is 13.1. The molecule has 0 spiro atoms. The van der Waals surface area contributed by atoms with Gasteiger partial charge in [0.25, 0.3) is 0 Å². The lowest BCUT2D eigenvalue weighted by Crippen LogP contribution is -2.63. The average molecular weight is 412 g/mol. The van der Waals surface area contributed by atoms with Crippen LogP contribution in [0, 0.1) is 18.3 Å². The van der Waals surface area contributed by atoms with Gasteiger partial charge in [0.1, 0.15) is 0 Å². The van der Waals surface area contributed by atoms with Gasteiger partial charge in [0, 0.05) is 5.92 Å². The first-order chi connectivity index (χ1) is 13.5. The molecule has 0 bridgehead atoms. The van der Waals surface area contributed by atoms with Gasteiger partial charge in [-0.1, -0.05) is 80.9 Å². The molecule has 0 fully saturated rings. The summed E-state index contributed by atoms with van der Waals surface area (Å²) < 4.78 is 11.9. The number of rotatable bonds is 9. The molecule has 2 aromatic rings. The fourth-order valence-electron chi connectivity index (χ4n) is 3.84. The van der Waals surface area contributed by atoms with E-state index in [1.165, 1.54) is 11.1 Å². The van der Waals surface area contributed by atoms with Crippen LogP contribution in [-0.2, 0) is 22.2 Å². The van der Waals surface area contributed by atoms with Crippen LogP contribution in [0.1, 0.15) is 51.3 Å². The van der Waals surface area contributed by atoms with Gasteiger partial charge in [-0.15, -0.1) is 0 Å². The van der Waals surface area contributed by atoms with E-state index in [1.54, 1.807) is 0 Å². The van der Waals surface area contributed by atoms with Crippen LogP contribution in [0.3, 0.4) is 0 Å². The Labute approximate surface area is 180 Å². The first-order valence-corrected chi connectivity index (χ1v) is 10.7. The van der Waals surface area contributed by atoms with E-state index < -0.39 is 11.2 Å². The van der Waals surface area contributed by atoms with Gasteiger partial charge in [-0.3, -0.25) is 0 Å². The minimum atomic E-state index is -1.15. The van der Waals surface area contributed by atoms with Gasteiger partial charge in [0.05, 0.1) is 24.4 Å². The van der Waals surface area contributed by atoms with Gasteiger partial charge >= 0.3 is 0 Å². The molecule has 3 atom stereocenters. The van der Waals surface area contributed by atoms with Crippen LogP contribution in [-0.4, -0.2) is 33.4 Å². The molecule has 0 heterocycles. The maximum Gasteiger partial charge on any atom is 0.247 e. The van der Waals surface area contributed by atoms with E-state index in [-0.39, 0.29) is 11.3 Å². The molecule has 0 saturated heterocycles. The molecule has 0 aliphatic heterocycles. The fourth-order valence-corrected chi connectivity index (χ4v) is 4.35. The van der Waals surface area contributed by atoms with Crippen LogP contribution < -0.4 is 0 Å². The lowest BCUT2D eigenvalue weighted by atomic mass is 9.63. The first-order valence-electron chi connectivity index (χ1n) is 10.3. The van der Waals surface area contributed by atoms with Crippen molar-refractivity contribution in [3.8, 4) is 0 Å². The predicted molar refractivity (Wildman–Crippen MR) is 120 cm³/mol. The van der Waals surface area contributed by atoms with Crippen molar-refractivity contribution in [1.82, 2.24) is 0 Å². The van der Waals surface area contributed by atoms with Crippen molar-refractivity contribution in [2.24, 2.45) is 11.3 Å². The van der Waals surface area contributed by atoms with Gasteiger partial charge in [-0.2, -0.15) is 0 Å². The molecule has 4 heteroatoms. The van der Waals surface area contributed by atoms with E-state index in [0.29, 0.717) is 19.6 Å². The largest absolute Gasteiger partial charge is 0.410 e. The molecular weight excluding hydrogens is 376 g/mol. The normalized spacial score (nSPS) is 17.4. The van der Waals surface area contributed by atoms with Crippen molar-refractivity contribution >= 4 is 10.5 Å². The highest BCUT2D eigenvalue weighted by Crippen LogP contribution is 2.45. The van der Waals surface area contributed by atoms with Crippen molar-refractivity contribution < 1.29 is 14.3 Å². The lowest BCUT2D eigenvalue weighted by molar-refractivity contribution is -0.201. The van der Waals surface area contributed by atoms with E-state index in [9.17, 15) is 5.11 Å². The van der Waals surface area contributed by atoms with Crippen LogP contribution in [0.4, 0.5) is 0 Å². The molecule has 0 aliphatic rings. The Balaban J connectivity index is 2.29. The van der Waals surface area contributed by atoms with E-state index >= 15 is 0 Å². The van der Waals surface area contributed by atoms with E-state index in [4.69, 9.17) is 9.16 Å². The van der Waals surface area contributed by atoms with Crippen molar-refractivity contribution in [2.75, 3.05) is 6.61 Å². The highest BCUT2D eigenvalue weighted by Gasteiger charge is 2.55. The van der Waals surface area contributed by atoms with Gasteiger partial charge in [-0.05, 0) is 43.7 Å². The minimum absolute atomic E-state index is 0.159. The topological polar surface area (TPSA) is 38.7 Å². The summed E-state index contributed by atoms with van der Waals surface area (Å²) in [5, 5.41) is 11.8. The molecule has 0 amide bonds. The Kier molecular flexibility index (Phi) is 7.85. The van der Waals surface area contributed by atoms with Crippen molar-refractivity contribution in [1.29, 1.82) is 0 Å². The Morgan fingerprint density at radius 1 is 0.931 bits per heavy atom. The van der Waals surface area contributed by atoms with Crippen LogP contribution in [0.25, 0.3) is 0 Å². The number of aryl methyl sites for hydroxylation is 1. The second kappa shape index (κ2) is 9.56. The molecule has 0 aliphatic carbocycles. The summed E-state index contributed by atoms with van der Waals surface area (Å²) in [6, 6.07) is 18.5. The molecule has 29 heavy (non-hydrogen) atoms. The number of aliphatic hydroxyl groups is 1. The summed E-state index contributed by atoms with van der Waals surface area (Å²) in [5.74, 6) is -0.159. The maximum absolute atomic E-state index is 11.8. The summed E-state index contributed by atoms with van der Waals surface area (Å²) in [4.78, 5) is 0. The van der Waals surface area contributed by atoms with Crippen molar-refractivity contribution in [3.63, 3.8) is 0 Å². The zero-order valence-corrected chi connectivity index (χ0v) is 19.7. The van der Waals surface area contributed by atoms with Crippen molar-refractivity contribution in [3.05, 3.63) is 71.3 Å². The summed E-state index contributed by atoms with van der Waals surface area (Å²) >= 11 is 0. The van der Waals surface area contributed by atoms with E-state index in [0.717, 1.165) is 5.56 Å². The summed E-state index contributed by atoms with van der Waals surface area (Å²) in [7, 11) is 3.27. The number of hydrogen-bond acceptors (Lipinski definition) is 3. The third kappa shape index (κ3) is 5.57. The number of benzene rings is 2. The molecule has 2 rings (SSSR count). The monoisotopic (exact) mass is 411 g/mol. The second-order valence-electron chi connectivity index (χ2n) is 9.42. The Bertz CT molecular complexity index is 767. The molecule has 1 unspecified atom stereocenters. The predicted octanol–water partition coefficient (Wildman–Crippen LogP) is 5.03. The third-order valence-electron chi connectivity index (χ3n) is 6.39. The number of hydrogen-bond donors (Lipinski definition) is 1. The lowest BCUT2D eigenvalue weighted by Gasteiger charge is -2.53. The van der Waals surface area contributed by atoms with E-state index in [2.05, 4.69) is 62.4 Å². The quantitative estimate of drug-likeness (QED) is 0.589. The standard InChI is InChI=1S/C25H35O3Si/c1-19-11-10-14-21(15-19)16-22(18-27-17-20-12-8-7-9-13-20)24(5,26)25(6,28-29)23(2,3)4/h7-15,22,26H,16-18H2,1-6H3/t22-,24+,25?/m0/s1. The van der Waals surface area contributed by atoms with Crippen molar-refractivity contribution in [2.45, 2.75) is 65.8 Å². The highest BCUT2D eigenvalue weighted by molar-refractivity contribution is 5.98. The van der Waals surface area contributed by atoms with Gasteiger partial charge in [0.15, 0.2) is 0 Å². The van der Waals surface area contributed by atoms with Gasteiger partial charge in [-0.25, -0.2) is 0 Å². The fraction of sp³-hybridized carbons (Fsp3) is 0.520. The first kappa shape index (κ1) is 23.8. The minimum Gasteiger partial charge on any atom is -0.410 e. The molecule has 3 radical (unpaired) electrons.